The maximum Gasteiger partial charge on any atom is 0.433 e. The van der Waals surface area contributed by atoms with E-state index >= 15 is 0 Å². The van der Waals surface area contributed by atoms with Crippen molar-refractivity contribution in [2.75, 3.05) is 6.61 Å². The summed E-state index contributed by atoms with van der Waals surface area (Å²) in [6, 6.07) is 7.72. The van der Waals surface area contributed by atoms with Gasteiger partial charge >= 0.3 is 5.88 Å². The van der Waals surface area contributed by atoms with Gasteiger partial charge in [0.05, 0.1) is 17.1 Å². The first-order valence-electron chi connectivity index (χ1n) is 6.37. The third kappa shape index (κ3) is 3.62. The first kappa shape index (κ1) is 15.5. The van der Waals surface area contributed by atoms with Gasteiger partial charge in [-0.25, -0.2) is 0 Å². The normalized spacial score (nSPS) is 12.1. The first-order chi connectivity index (χ1) is 10.0. The lowest BCUT2D eigenvalue weighted by atomic mass is 10.1. The second kappa shape index (κ2) is 6.73. The van der Waals surface area contributed by atoms with Crippen LogP contribution in [0.4, 0.5) is 5.88 Å². The Labute approximate surface area is 129 Å². The Morgan fingerprint density at radius 1 is 1.43 bits per heavy atom. The van der Waals surface area contributed by atoms with Gasteiger partial charge < -0.3 is 14.3 Å². The molecule has 112 valence electrons. The van der Waals surface area contributed by atoms with Gasteiger partial charge in [0.15, 0.2) is 0 Å². The minimum absolute atomic E-state index is 0.121. The lowest BCUT2D eigenvalue weighted by Gasteiger charge is -2.11. The summed E-state index contributed by atoms with van der Waals surface area (Å²) in [5.74, 6) is 0.403. The summed E-state index contributed by atoms with van der Waals surface area (Å²) in [6.45, 7) is 2.61. The van der Waals surface area contributed by atoms with Crippen molar-refractivity contribution in [1.29, 1.82) is 0 Å². The molecule has 0 aliphatic rings. The van der Waals surface area contributed by atoms with E-state index in [1.165, 1.54) is 12.1 Å². The minimum atomic E-state index is -1.07. The third-order valence-corrected chi connectivity index (χ3v) is 3.42. The zero-order valence-electron chi connectivity index (χ0n) is 11.3. The number of benzene rings is 1. The molecule has 0 aliphatic carbocycles. The van der Waals surface area contributed by atoms with Crippen LogP contribution in [-0.2, 0) is 0 Å². The summed E-state index contributed by atoms with van der Waals surface area (Å²) >= 11 is 3.37. The molecule has 0 saturated heterocycles. The van der Waals surface area contributed by atoms with E-state index in [-0.39, 0.29) is 5.76 Å². The van der Waals surface area contributed by atoms with E-state index in [0.29, 0.717) is 22.4 Å². The molecule has 2 aromatic rings. The van der Waals surface area contributed by atoms with Crippen molar-refractivity contribution < 1.29 is 19.2 Å². The molecule has 1 aromatic heterocycles. The number of aliphatic hydroxyl groups excluding tert-OH is 1. The maximum atomic E-state index is 10.6. The predicted molar refractivity (Wildman–Crippen MR) is 79.4 cm³/mol. The van der Waals surface area contributed by atoms with Gasteiger partial charge in [0.25, 0.3) is 0 Å². The topological polar surface area (TPSA) is 85.7 Å². The number of aliphatic hydroxyl groups is 1. The zero-order chi connectivity index (χ0) is 15.4. The van der Waals surface area contributed by atoms with Gasteiger partial charge in [-0.15, -0.1) is 0 Å². The summed E-state index contributed by atoms with van der Waals surface area (Å²) in [6.07, 6.45) is -0.178. The molecule has 0 amide bonds. The summed E-state index contributed by atoms with van der Waals surface area (Å²) in [5, 5.41) is 20.8. The van der Waals surface area contributed by atoms with Crippen molar-refractivity contribution in [1.82, 2.24) is 0 Å². The average molecular weight is 356 g/mol. The Hall–Kier alpha value is -1.86. The molecule has 0 spiro atoms. The van der Waals surface area contributed by atoms with Crippen molar-refractivity contribution in [3.05, 3.63) is 56.2 Å². The van der Waals surface area contributed by atoms with Crippen molar-refractivity contribution in [3.63, 3.8) is 0 Å². The fraction of sp³-hybridized carbons (Fsp3) is 0.286. The van der Waals surface area contributed by atoms with Gasteiger partial charge in [0.2, 0.25) is 0 Å². The molecule has 0 aliphatic heterocycles. The lowest BCUT2D eigenvalue weighted by Crippen LogP contribution is -2.00. The van der Waals surface area contributed by atoms with E-state index in [1.54, 1.807) is 18.2 Å². The largest absolute Gasteiger partial charge is 0.492 e. The van der Waals surface area contributed by atoms with Crippen LogP contribution in [0, 0.1) is 10.1 Å². The van der Waals surface area contributed by atoms with Gasteiger partial charge in [-0.3, -0.25) is 10.1 Å². The molecule has 0 saturated carbocycles. The molecule has 1 unspecified atom stereocenters. The monoisotopic (exact) mass is 355 g/mol. The van der Waals surface area contributed by atoms with Gasteiger partial charge in [0.1, 0.15) is 22.5 Å². The molecule has 0 bridgehead atoms. The highest BCUT2D eigenvalue weighted by Gasteiger charge is 2.20. The van der Waals surface area contributed by atoms with Crippen LogP contribution >= 0.6 is 15.9 Å². The summed E-state index contributed by atoms with van der Waals surface area (Å²) < 4.78 is 11.2. The van der Waals surface area contributed by atoms with E-state index in [1.807, 2.05) is 6.92 Å². The molecular weight excluding hydrogens is 342 g/mol. The number of furan rings is 1. The quantitative estimate of drug-likeness (QED) is 0.628. The SMILES string of the molecule is CCCOc1ccc(C(O)c2ccc([N+](=O)[O-])o2)cc1Br. The molecule has 0 fully saturated rings. The van der Waals surface area contributed by atoms with E-state index in [2.05, 4.69) is 15.9 Å². The van der Waals surface area contributed by atoms with Crippen molar-refractivity contribution >= 4 is 21.8 Å². The van der Waals surface area contributed by atoms with E-state index in [0.717, 1.165) is 6.42 Å². The second-order valence-electron chi connectivity index (χ2n) is 4.37. The Morgan fingerprint density at radius 3 is 2.76 bits per heavy atom. The summed E-state index contributed by atoms with van der Waals surface area (Å²) in [5.41, 5.74) is 0.551. The number of hydrogen-bond donors (Lipinski definition) is 1. The van der Waals surface area contributed by atoms with E-state index in [4.69, 9.17) is 9.15 Å². The fourth-order valence-corrected chi connectivity index (χ4v) is 2.28. The molecule has 21 heavy (non-hydrogen) atoms. The second-order valence-corrected chi connectivity index (χ2v) is 5.23. The zero-order valence-corrected chi connectivity index (χ0v) is 12.9. The lowest BCUT2D eigenvalue weighted by molar-refractivity contribution is -0.402. The first-order valence-corrected chi connectivity index (χ1v) is 7.16. The van der Waals surface area contributed by atoms with Crippen LogP contribution in [0.3, 0.4) is 0 Å². The van der Waals surface area contributed by atoms with Crippen molar-refractivity contribution in [3.8, 4) is 5.75 Å². The minimum Gasteiger partial charge on any atom is -0.492 e. The number of nitro groups is 1. The van der Waals surface area contributed by atoms with Crippen LogP contribution in [0.25, 0.3) is 0 Å². The van der Waals surface area contributed by atoms with Crippen molar-refractivity contribution in [2.24, 2.45) is 0 Å². The van der Waals surface area contributed by atoms with Crippen LogP contribution in [0.2, 0.25) is 0 Å². The Bertz CT molecular complexity index is 640. The smallest absolute Gasteiger partial charge is 0.433 e. The molecule has 2 rings (SSSR count). The van der Waals surface area contributed by atoms with Crippen LogP contribution in [0.1, 0.15) is 30.8 Å². The van der Waals surface area contributed by atoms with Gasteiger partial charge in [-0.2, -0.15) is 0 Å². The molecular formula is C14H14BrNO5. The Balaban J connectivity index is 2.20. The van der Waals surface area contributed by atoms with Gasteiger partial charge in [-0.1, -0.05) is 13.0 Å². The highest BCUT2D eigenvalue weighted by Crippen LogP contribution is 2.32. The van der Waals surface area contributed by atoms with Crippen LogP contribution in [-0.4, -0.2) is 16.6 Å². The van der Waals surface area contributed by atoms with E-state index < -0.39 is 16.9 Å². The number of rotatable bonds is 6. The standard InChI is InChI=1S/C14H14BrNO5/c1-2-7-20-11-4-3-9(8-10(11)15)14(17)12-5-6-13(21-12)16(18)19/h3-6,8,14,17H,2,7H2,1H3. The summed E-state index contributed by atoms with van der Waals surface area (Å²) in [4.78, 5) is 9.93. The van der Waals surface area contributed by atoms with E-state index in [9.17, 15) is 15.2 Å². The molecule has 7 heteroatoms. The molecule has 1 aromatic carbocycles. The fourth-order valence-electron chi connectivity index (χ4n) is 1.77. The van der Waals surface area contributed by atoms with Crippen LogP contribution in [0.15, 0.2) is 39.2 Å². The highest BCUT2D eigenvalue weighted by molar-refractivity contribution is 9.10. The molecule has 1 heterocycles. The van der Waals surface area contributed by atoms with Gasteiger partial charge in [0, 0.05) is 0 Å². The number of hydrogen-bond acceptors (Lipinski definition) is 5. The summed E-state index contributed by atoms with van der Waals surface area (Å²) in [7, 11) is 0. The molecule has 1 atom stereocenters. The Kier molecular flexibility index (Phi) is 4.98. The molecule has 0 radical (unpaired) electrons. The Morgan fingerprint density at radius 2 is 2.19 bits per heavy atom. The third-order valence-electron chi connectivity index (χ3n) is 2.80. The van der Waals surface area contributed by atoms with Crippen LogP contribution in [0.5, 0.6) is 5.75 Å². The predicted octanol–water partition coefficient (Wildman–Crippen LogP) is 3.82. The average Bonchev–Trinajstić information content (AvgIpc) is 2.95. The number of halogens is 1. The van der Waals surface area contributed by atoms with Crippen molar-refractivity contribution in [2.45, 2.75) is 19.4 Å². The van der Waals surface area contributed by atoms with Gasteiger partial charge in [-0.05, 0) is 46.1 Å². The molecule has 1 N–H and O–H groups in total. The number of nitrogens with zero attached hydrogens (tertiary/aromatic N) is 1. The van der Waals surface area contributed by atoms with Crippen LogP contribution < -0.4 is 4.74 Å². The molecule has 6 nitrogen and oxygen atoms in total. The maximum absolute atomic E-state index is 10.6. The number of ether oxygens (including phenoxy) is 1. The highest BCUT2D eigenvalue weighted by atomic mass is 79.9.